The van der Waals surface area contributed by atoms with Crippen LogP contribution in [0.2, 0.25) is 19.6 Å². The first-order valence-electron chi connectivity index (χ1n) is 7.69. The van der Waals surface area contributed by atoms with Crippen molar-refractivity contribution in [1.29, 1.82) is 0 Å². The van der Waals surface area contributed by atoms with Gasteiger partial charge in [0.2, 0.25) is 6.10 Å². The Bertz CT molecular complexity index is 700. The summed E-state index contributed by atoms with van der Waals surface area (Å²) < 4.78 is 44.8. The normalized spacial score (nSPS) is 18.0. The standard InChI is InChI=1S/C17H21F3O3Si/c1-9(2)12-8-11(24(3,4)5)6-10-7-13(16(21)22)15(17(18,19)20)23-14(10)12/h6-9,15H,1-5H3,(H,21,22). The van der Waals surface area contributed by atoms with Crippen molar-refractivity contribution in [3.63, 3.8) is 0 Å². The van der Waals surface area contributed by atoms with E-state index in [1.54, 1.807) is 6.07 Å². The van der Waals surface area contributed by atoms with Crippen molar-refractivity contribution in [3.05, 3.63) is 28.8 Å². The lowest BCUT2D eigenvalue weighted by Gasteiger charge is -2.31. The van der Waals surface area contributed by atoms with Gasteiger partial charge < -0.3 is 9.84 Å². The van der Waals surface area contributed by atoms with Crippen molar-refractivity contribution in [2.75, 3.05) is 0 Å². The van der Waals surface area contributed by atoms with Gasteiger partial charge >= 0.3 is 12.1 Å². The highest BCUT2D eigenvalue weighted by Crippen LogP contribution is 2.41. The fourth-order valence-electron chi connectivity index (χ4n) is 2.62. The van der Waals surface area contributed by atoms with Gasteiger partial charge in [0.15, 0.2) is 0 Å². The van der Waals surface area contributed by atoms with Gasteiger partial charge in [-0.1, -0.05) is 50.8 Å². The third-order valence-corrected chi connectivity index (χ3v) is 6.03. The summed E-state index contributed by atoms with van der Waals surface area (Å²) in [6, 6.07) is 3.67. The molecule has 1 aliphatic heterocycles. The quantitative estimate of drug-likeness (QED) is 0.826. The Morgan fingerprint density at radius 1 is 1.25 bits per heavy atom. The van der Waals surface area contributed by atoms with E-state index >= 15 is 0 Å². The average Bonchev–Trinajstić information content (AvgIpc) is 2.42. The van der Waals surface area contributed by atoms with Gasteiger partial charge in [0.05, 0.1) is 13.6 Å². The van der Waals surface area contributed by atoms with E-state index in [4.69, 9.17) is 9.84 Å². The Hall–Kier alpha value is -1.76. The molecule has 1 atom stereocenters. The number of hydrogen-bond donors (Lipinski definition) is 1. The van der Waals surface area contributed by atoms with Crippen molar-refractivity contribution in [3.8, 4) is 5.75 Å². The minimum absolute atomic E-state index is 0.0382. The third-order valence-electron chi connectivity index (χ3n) is 4.01. The van der Waals surface area contributed by atoms with Gasteiger partial charge in [-0.2, -0.15) is 13.2 Å². The summed E-state index contributed by atoms with van der Waals surface area (Å²) in [5, 5.41) is 10.2. The fraction of sp³-hybridized carbons (Fsp3) is 0.471. The van der Waals surface area contributed by atoms with Crippen molar-refractivity contribution in [1.82, 2.24) is 0 Å². The van der Waals surface area contributed by atoms with Crippen LogP contribution in [-0.4, -0.2) is 31.4 Å². The molecule has 7 heteroatoms. The lowest BCUT2D eigenvalue weighted by molar-refractivity contribution is -0.187. The summed E-state index contributed by atoms with van der Waals surface area (Å²) in [4.78, 5) is 11.3. The highest BCUT2D eigenvalue weighted by molar-refractivity contribution is 6.88. The Kier molecular flexibility index (Phi) is 4.60. The van der Waals surface area contributed by atoms with E-state index in [1.807, 2.05) is 19.9 Å². The summed E-state index contributed by atoms with van der Waals surface area (Å²) >= 11 is 0. The van der Waals surface area contributed by atoms with Crippen LogP contribution in [-0.2, 0) is 4.79 Å². The molecular weight excluding hydrogens is 337 g/mol. The molecule has 0 spiro atoms. The molecule has 132 valence electrons. The molecule has 1 unspecified atom stereocenters. The molecule has 0 bridgehead atoms. The highest BCUT2D eigenvalue weighted by Gasteiger charge is 2.49. The van der Waals surface area contributed by atoms with Gasteiger partial charge in [0.25, 0.3) is 0 Å². The summed E-state index contributed by atoms with van der Waals surface area (Å²) in [7, 11) is -1.73. The topological polar surface area (TPSA) is 46.5 Å². The monoisotopic (exact) mass is 358 g/mol. The van der Waals surface area contributed by atoms with Crippen LogP contribution in [0.25, 0.3) is 6.08 Å². The Labute approximate surface area is 140 Å². The molecule has 0 saturated carbocycles. The maximum absolute atomic E-state index is 13.2. The minimum atomic E-state index is -4.78. The van der Waals surface area contributed by atoms with Crippen LogP contribution < -0.4 is 9.92 Å². The number of alkyl halides is 3. The molecule has 1 aromatic carbocycles. The van der Waals surface area contributed by atoms with E-state index < -0.39 is 31.9 Å². The Morgan fingerprint density at radius 2 is 1.83 bits per heavy atom. The number of ether oxygens (including phenoxy) is 1. The molecule has 0 aromatic heterocycles. The lowest BCUT2D eigenvalue weighted by atomic mass is 9.94. The number of carboxylic acid groups (broad SMARTS) is 1. The number of aliphatic carboxylic acids is 1. The second kappa shape index (κ2) is 5.95. The number of halogens is 3. The Balaban J connectivity index is 2.73. The smallest absolute Gasteiger partial charge is 0.430 e. The molecule has 1 heterocycles. The average molecular weight is 358 g/mol. The SMILES string of the molecule is CC(C)c1cc([Si](C)(C)C)cc2c1OC(C(F)(F)F)C(C(=O)O)=C2. The summed E-state index contributed by atoms with van der Waals surface area (Å²) in [6.45, 7) is 10.1. The molecule has 1 N–H and O–H groups in total. The molecule has 1 aliphatic rings. The van der Waals surface area contributed by atoms with Crippen LogP contribution in [0.5, 0.6) is 5.75 Å². The maximum Gasteiger partial charge on any atom is 0.430 e. The van der Waals surface area contributed by atoms with Crippen LogP contribution in [0.15, 0.2) is 17.7 Å². The van der Waals surface area contributed by atoms with E-state index in [9.17, 15) is 18.0 Å². The van der Waals surface area contributed by atoms with E-state index in [2.05, 4.69) is 19.6 Å². The maximum atomic E-state index is 13.2. The van der Waals surface area contributed by atoms with Crippen LogP contribution in [0.4, 0.5) is 13.2 Å². The van der Waals surface area contributed by atoms with Gasteiger partial charge in [-0.25, -0.2) is 4.79 Å². The minimum Gasteiger partial charge on any atom is -0.478 e. The van der Waals surface area contributed by atoms with Gasteiger partial charge in [-0.3, -0.25) is 0 Å². The highest BCUT2D eigenvalue weighted by atomic mass is 28.3. The lowest BCUT2D eigenvalue weighted by Crippen LogP contribution is -2.42. The largest absolute Gasteiger partial charge is 0.478 e. The van der Waals surface area contributed by atoms with Crippen LogP contribution >= 0.6 is 0 Å². The predicted octanol–water partition coefficient (Wildman–Crippen LogP) is 4.15. The zero-order chi connectivity index (χ0) is 18.4. The molecule has 0 saturated heterocycles. The molecule has 0 aliphatic carbocycles. The number of rotatable bonds is 3. The zero-order valence-corrected chi connectivity index (χ0v) is 15.3. The third kappa shape index (κ3) is 3.50. The van der Waals surface area contributed by atoms with Crippen molar-refractivity contribution in [2.24, 2.45) is 0 Å². The van der Waals surface area contributed by atoms with Crippen molar-refractivity contribution < 1.29 is 27.8 Å². The van der Waals surface area contributed by atoms with E-state index in [1.165, 1.54) is 0 Å². The van der Waals surface area contributed by atoms with Gasteiger partial charge in [-0.05, 0) is 17.6 Å². The van der Waals surface area contributed by atoms with E-state index in [0.717, 1.165) is 11.3 Å². The number of carboxylic acids is 1. The second-order valence-electron chi connectivity index (χ2n) is 7.33. The molecule has 3 nitrogen and oxygen atoms in total. The first kappa shape index (κ1) is 18.6. The zero-order valence-electron chi connectivity index (χ0n) is 14.3. The predicted molar refractivity (Wildman–Crippen MR) is 89.6 cm³/mol. The summed E-state index contributed by atoms with van der Waals surface area (Å²) in [5.41, 5.74) is 0.314. The Morgan fingerprint density at radius 3 is 2.25 bits per heavy atom. The summed E-state index contributed by atoms with van der Waals surface area (Å²) in [5.74, 6) is -1.52. The first-order chi connectivity index (χ1) is 10.8. The fourth-order valence-corrected chi connectivity index (χ4v) is 3.80. The molecule has 0 fully saturated rings. The van der Waals surface area contributed by atoms with Crippen LogP contribution in [0.3, 0.4) is 0 Å². The summed E-state index contributed by atoms with van der Waals surface area (Å²) in [6.07, 6.45) is -6.12. The number of benzene rings is 1. The van der Waals surface area contributed by atoms with Crippen molar-refractivity contribution in [2.45, 2.75) is 51.7 Å². The van der Waals surface area contributed by atoms with Gasteiger partial charge in [0, 0.05) is 5.56 Å². The van der Waals surface area contributed by atoms with E-state index in [0.29, 0.717) is 11.1 Å². The number of carbonyl (C=O) groups is 1. The first-order valence-corrected chi connectivity index (χ1v) is 11.2. The van der Waals surface area contributed by atoms with Crippen molar-refractivity contribution >= 4 is 25.3 Å². The van der Waals surface area contributed by atoms with E-state index in [-0.39, 0.29) is 11.7 Å². The molecule has 0 amide bonds. The number of hydrogen-bond acceptors (Lipinski definition) is 2. The van der Waals surface area contributed by atoms with Crippen LogP contribution in [0.1, 0.15) is 30.9 Å². The number of fused-ring (bicyclic) bond motifs is 1. The molecule has 2 rings (SSSR count). The molecular formula is C17H21F3O3Si. The van der Waals surface area contributed by atoms with Gasteiger partial charge in [-0.15, -0.1) is 0 Å². The molecule has 24 heavy (non-hydrogen) atoms. The van der Waals surface area contributed by atoms with Gasteiger partial charge in [0.1, 0.15) is 5.75 Å². The van der Waals surface area contributed by atoms with Crippen LogP contribution in [0, 0.1) is 0 Å². The molecule has 0 radical (unpaired) electrons. The second-order valence-corrected chi connectivity index (χ2v) is 12.4. The molecule has 1 aromatic rings.